The summed E-state index contributed by atoms with van der Waals surface area (Å²) in [6.45, 7) is 4.69. The van der Waals surface area contributed by atoms with Crippen LogP contribution in [-0.2, 0) is 6.54 Å². The number of hydrogen-bond acceptors (Lipinski definition) is 4. The van der Waals surface area contributed by atoms with Crippen LogP contribution in [0.4, 0.5) is 5.69 Å². The average Bonchev–Trinajstić information content (AvgIpc) is 2.70. The summed E-state index contributed by atoms with van der Waals surface area (Å²) in [5.41, 5.74) is 2.35. The van der Waals surface area contributed by atoms with Crippen molar-refractivity contribution in [3.05, 3.63) is 54.1 Å². The molecule has 6 nitrogen and oxygen atoms in total. The molecule has 0 atom stereocenters. The highest BCUT2D eigenvalue weighted by Crippen LogP contribution is 2.16. The van der Waals surface area contributed by atoms with E-state index in [0.717, 1.165) is 24.0 Å². The van der Waals surface area contributed by atoms with Gasteiger partial charge in [-0.05, 0) is 48.9 Å². The lowest BCUT2D eigenvalue weighted by Gasteiger charge is -2.14. The fourth-order valence-corrected chi connectivity index (χ4v) is 2.46. The maximum atomic E-state index is 5.73. The molecule has 0 heterocycles. The van der Waals surface area contributed by atoms with Gasteiger partial charge in [0.1, 0.15) is 18.1 Å². The van der Waals surface area contributed by atoms with Crippen molar-refractivity contribution in [2.75, 3.05) is 45.8 Å². The number of rotatable bonds is 9. The second-order valence-corrected chi connectivity index (χ2v) is 6.21. The Balaban J connectivity index is 0.00000392. The van der Waals surface area contributed by atoms with Gasteiger partial charge in [-0.15, -0.1) is 24.0 Å². The number of ether oxygens (including phenoxy) is 2. The molecule has 0 aromatic heterocycles. The molecule has 154 valence electrons. The Morgan fingerprint density at radius 3 is 2.39 bits per heavy atom. The van der Waals surface area contributed by atoms with Crippen LogP contribution in [0.3, 0.4) is 0 Å². The molecule has 0 amide bonds. The summed E-state index contributed by atoms with van der Waals surface area (Å²) in [4.78, 5) is 6.75. The Bertz CT molecular complexity index is 721. The SMILES string of the molecule is CCNC(=NCc1cccc(N(C)C)c1)NCCOc1ccc(OC)cc1.I. The second-order valence-electron chi connectivity index (χ2n) is 6.21. The number of halogens is 1. The van der Waals surface area contributed by atoms with Crippen LogP contribution in [0.5, 0.6) is 11.5 Å². The van der Waals surface area contributed by atoms with Crippen LogP contribution in [0.1, 0.15) is 12.5 Å². The van der Waals surface area contributed by atoms with Gasteiger partial charge in [0.2, 0.25) is 0 Å². The molecule has 0 aliphatic rings. The molecule has 0 radical (unpaired) electrons. The number of aliphatic imine (C=N–C) groups is 1. The molecule has 0 bridgehead atoms. The third kappa shape index (κ3) is 8.24. The zero-order valence-corrected chi connectivity index (χ0v) is 19.4. The molecule has 2 aromatic rings. The summed E-state index contributed by atoms with van der Waals surface area (Å²) >= 11 is 0. The van der Waals surface area contributed by atoms with E-state index >= 15 is 0 Å². The van der Waals surface area contributed by atoms with Crippen molar-refractivity contribution in [3.63, 3.8) is 0 Å². The van der Waals surface area contributed by atoms with Gasteiger partial charge in [0, 0.05) is 26.3 Å². The minimum Gasteiger partial charge on any atom is -0.497 e. The average molecular weight is 498 g/mol. The van der Waals surface area contributed by atoms with Crippen molar-refractivity contribution in [3.8, 4) is 11.5 Å². The summed E-state index contributed by atoms with van der Waals surface area (Å²) < 4.78 is 10.9. The van der Waals surface area contributed by atoms with Gasteiger partial charge in [-0.3, -0.25) is 0 Å². The molecule has 2 N–H and O–H groups in total. The molecule has 0 aliphatic heterocycles. The Kier molecular flexibility index (Phi) is 11.2. The van der Waals surface area contributed by atoms with Crippen molar-refractivity contribution >= 4 is 35.6 Å². The third-order valence-electron chi connectivity index (χ3n) is 3.91. The van der Waals surface area contributed by atoms with Gasteiger partial charge in [-0.2, -0.15) is 0 Å². The van der Waals surface area contributed by atoms with E-state index in [-0.39, 0.29) is 24.0 Å². The highest BCUT2D eigenvalue weighted by atomic mass is 127. The summed E-state index contributed by atoms with van der Waals surface area (Å²) in [6.07, 6.45) is 0. The van der Waals surface area contributed by atoms with Crippen LogP contribution >= 0.6 is 24.0 Å². The third-order valence-corrected chi connectivity index (χ3v) is 3.91. The molecule has 0 aliphatic carbocycles. The van der Waals surface area contributed by atoms with Gasteiger partial charge in [0.05, 0.1) is 20.2 Å². The van der Waals surface area contributed by atoms with Crippen molar-refractivity contribution in [1.29, 1.82) is 0 Å². The predicted molar refractivity (Wildman–Crippen MR) is 127 cm³/mol. The van der Waals surface area contributed by atoms with E-state index in [9.17, 15) is 0 Å². The predicted octanol–water partition coefficient (Wildman–Crippen LogP) is 3.51. The van der Waals surface area contributed by atoms with Crippen LogP contribution in [0.2, 0.25) is 0 Å². The molecule has 28 heavy (non-hydrogen) atoms. The van der Waals surface area contributed by atoms with E-state index < -0.39 is 0 Å². The first-order chi connectivity index (χ1) is 13.1. The van der Waals surface area contributed by atoms with Gasteiger partial charge in [0.25, 0.3) is 0 Å². The largest absolute Gasteiger partial charge is 0.497 e. The number of nitrogens with one attached hydrogen (secondary N) is 2. The van der Waals surface area contributed by atoms with Crippen molar-refractivity contribution in [1.82, 2.24) is 10.6 Å². The quantitative estimate of drug-likeness (QED) is 0.240. The molecule has 0 saturated heterocycles. The fraction of sp³-hybridized carbons (Fsp3) is 0.381. The van der Waals surface area contributed by atoms with Gasteiger partial charge < -0.3 is 25.0 Å². The molecule has 2 aromatic carbocycles. The van der Waals surface area contributed by atoms with E-state index in [1.54, 1.807) is 7.11 Å². The maximum Gasteiger partial charge on any atom is 0.191 e. The van der Waals surface area contributed by atoms with Crippen LogP contribution in [-0.4, -0.2) is 46.9 Å². The number of methoxy groups -OCH3 is 1. The Morgan fingerprint density at radius 1 is 1.04 bits per heavy atom. The molecular weight excluding hydrogens is 467 g/mol. The zero-order chi connectivity index (χ0) is 19.5. The Hall–Kier alpha value is -2.16. The summed E-state index contributed by atoms with van der Waals surface area (Å²) in [5.74, 6) is 2.42. The van der Waals surface area contributed by atoms with Gasteiger partial charge in [0.15, 0.2) is 5.96 Å². The Labute approximate surface area is 185 Å². The smallest absolute Gasteiger partial charge is 0.191 e. The topological polar surface area (TPSA) is 58.1 Å². The fourth-order valence-electron chi connectivity index (χ4n) is 2.46. The minimum absolute atomic E-state index is 0. The molecule has 0 spiro atoms. The van der Waals surface area contributed by atoms with E-state index in [0.29, 0.717) is 19.7 Å². The first-order valence-electron chi connectivity index (χ1n) is 9.17. The number of hydrogen-bond donors (Lipinski definition) is 2. The van der Waals surface area contributed by atoms with E-state index in [4.69, 9.17) is 9.47 Å². The van der Waals surface area contributed by atoms with Crippen LogP contribution in [0.15, 0.2) is 53.5 Å². The number of anilines is 1. The molecule has 0 fully saturated rings. The summed E-state index contributed by atoms with van der Waals surface area (Å²) in [5, 5.41) is 6.56. The highest BCUT2D eigenvalue weighted by molar-refractivity contribution is 14.0. The number of guanidine groups is 1. The Morgan fingerprint density at radius 2 is 1.75 bits per heavy atom. The lowest BCUT2D eigenvalue weighted by atomic mass is 10.2. The van der Waals surface area contributed by atoms with E-state index in [1.165, 1.54) is 11.3 Å². The molecule has 0 saturated carbocycles. The first kappa shape index (κ1) is 23.9. The second kappa shape index (κ2) is 13.1. The van der Waals surface area contributed by atoms with Crippen molar-refractivity contribution in [2.45, 2.75) is 13.5 Å². The minimum atomic E-state index is 0. The first-order valence-corrected chi connectivity index (χ1v) is 9.17. The van der Waals surface area contributed by atoms with E-state index in [2.05, 4.69) is 51.7 Å². The van der Waals surface area contributed by atoms with Crippen molar-refractivity contribution < 1.29 is 9.47 Å². The summed E-state index contributed by atoms with van der Waals surface area (Å²) in [6, 6.07) is 16.0. The summed E-state index contributed by atoms with van der Waals surface area (Å²) in [7, 11) is 5.73. The van der Waals surface area contributed by atoms with E-state index in [1.807, 2.05) is 38.4 Å². The van der Waals surface area contributed by atoms with Crippen molar-refractivity contribution in [2.24, 2.45) is 4.99 Å². The van der Waals surface area contributed by atoms with Gasteiger partial charge in [-0.1, -0.05) is 12.1 Å². The van der Waals surface area contributed by atoms with Crippen LogP contribution in [0.25, 0.3) is 0 Å². The number of nitrogens with zero attached hydrogens (tertiary/aromatic N) is 2. The van der Waals surface area contributed by atoms with Gasteiger partial charge >= 0.3 is 0 Å². The standard InChI is InChI=1S/C21H30N4O2.HI/c1-5-22-21(24-16-17-7-6-8-18(15-17)25(2)3)23-13-14-27-20-11-9-19(26-4)10-12-20;/h6-12,15H,5,13-14,16H2,1-4H3,(H2,22,23,24);1H. The normalized spacial score (nSPS) is 10.6. The van der Waals surface area contributed by atoms with Crippen LogP contribution in [0, 0.1) is 0 Å². The number of benzene rings is 2. The zero-order valence-electron chi connectivity index (χ0n) is 17.1. The highest BCUT2D eigenvalue weighted by Gasteiger charge is 2.01. The molecular formula is C21H31IN4O2. The monoisotopic (exact) mass is 498 g/mol. The lowest BCUT2D eigenvalue weighted by molar-refractivity contribution is 0.321. The maximum absolute atomic E-state index is 5.73. The molecule has 0 unspecified atom stereocenters. The van der Waals surface area contributed by atoms with Gasteiger partial charge in [-0.25, -0.2) is 4.99 Å². The lowest BCUT2D eigenvalue weighted by Crippen LogP contribution is -2.39. The molecule has 7 heteroatoms. The molecule has 2 rings (SSSR count). The van der Waals surface area contributed by atoms with Crippen LogP contribution < -0.4 is 25.0 Å².